The zero-order chi connectivity index (χ0) is 13.9. The Hall–Kier alpha value is -1.07. The zero-order valence-electron chi connectivity index (χ0n) is 11.6. The van der Waals surface area contributed by atoms with Crippen LogP contribution in [0.1, 0.15) is 24.0 Å². The number of benzene rings is 1. The second-order valence-corrected chi connectivity index (χ2v) is 7.18. The Labute approximate surface area is 115 Å². The Morgan fingerprint density at radius 2 is 2.16 bits per heavy atom. The third-order valence-electron chi connectivity index (χ3n) is 3.51. The largest absolute Gasteiger partial charge is 0.316 e. The van der Waals surface area contributed by atoms with Crippen molar-refractivity contribution in [1.82, 2.24) is 5.32 Å². The molecule has 5 heteroatoms. The lowest BCUT2D eigenvalue weighted by molar-refractivity contribution is 0.404. The minimum atomic E-state index is -3.26. The molecule has 1 aromatic rings. The third kappa shape index (κ3) is 4.21. The summed E-state index contributed by atoms with van der Waals surface area (Å²) in [5.41, 5.74) is 2.71. The van der Waals surface area contributed by atoms with Gasteiger partial charge in [-0.2, -0.15) is 0 Å². The predicted molar refractivity (Wildman–Crippen MR) is 78.9 cm³/mol. The van der Waals surface area contributed by atoms with Gasteiger partial charge in [0.2, 0.25) is 10.0 Å². The average molecular weight is 282 g/mol. The van der Waals surface area contributed by atoms with Gasteiger partial charge in [-0.25, -0.2) is 8.42 Å². The summed E-state index contributed by atoms with van der Waals surface area (Å²) in [5, 5.41) is 3.25. The third-order valence-corrected chi connectivity index (χ3v) is 4.95. The maximum absolute atomic E-state index is 12.2. The van der Waals surface area contributed by atoms with Gasteiger partial charge in [-0.15, -0.1) is 0 Å². The Kier molecular flexibility index (Phi) is 4.47. The summed E-state index contributed by atoms with van der Waals surface area (Å²) < 4.78 is 27.1. The van der Waals surface area contributed by atoms with Crippen molar-refractivity contribution in [2.45, 2.75) is 26.7 Å². The van der Waals surface area contributed by atoms with Crippen molar-refractivity contribution in [3.63, 3.8) is 0 Å². The molecule has 1 heterocycles. The van der Waals surface area contributed by atoms with Crippen LogP contribution in [0.5, 0.6) is 0 Å². The van der Waals surface area contributed by atoms with Crippen molar-refractivity contribution in [2.75, 3.05) is 23.6 Å². The molecular formula is C14H22N2O2S. The summed E-state index contributed by atoms with van der Waals surface area (Å²) in [6.45, 7) is 5.68. The Balaban J connectivity index is 2.05. The normalized spacial score (nSPS) is 20.2. The van der Waals surface area contributed by atoms with E-state index in [1.54, 1.807) is 0 Å². The molecule has 2 N–H and O–H groups in total. The van der Waals surface area contributed by atoms with Gasteiger partial charge in [0, 0.05) is 0 Å². The van der Waals surface area contributed by atoms with E-state index in [1.165, 1.54) is 0 Å². The lowest BCUT2D eigenvalue weighted by Crippen LogP contribution is -2.35. The number of anilines is 1. The number of nitrogens with one attached hydrogen (secondary N) is 2. The Morgan fingerprint density at radius 1 is 1.37 bits per heavy atom. The van der Waals surface area contributed by atoms with Crippen LogP contribution in [0.25, 0.3) is 0 Å². The van der Waals surface area contributed by atoms with Gasteiger partial charge in [-0.05, 0) is 62.9 Å². The van der Waals surface area contributed by atoms with Crippen molar-refractivity contribution >= 4 is 15.7 Å². The number of piperidine rings is 1. The Morgan fingerprint density at radius 3 is 2.84 bits per heavy atom. The van der Waals surface area contributed by atoms with Crippen LogP contribution in [0.15, 0.2) is 18.2 Å². The van der Waals surface area contributed by atoms with Gasteiger partial charge in [-0.1, -0.05) is 12.1 Å². The van der Waals surface area contributed by atoms with Crippen molar-refractivity contribution in [3.05, 3.63) is 29.3 Å². The molecule has 19 heavy (non-hydrogen) atoms. The number of hydrogen-bond donors (Lipinski definition) is 2. The first-order chi connectivity index (χ1) is 8.96. The molecule has 1 atom stereocenters. The highest BCUT2D eigenvalue weighted by Gasteiger charge is 2.21. The molecule has 2 rings (SSSR count). The van der Waals surface area contributed by atoms with Crippen LogP contribution >= 0.6 is 0 Å². The molecule has 1 saturated heterocycles. The molecule has 1 unspecified atom stereocenters. The second-order valence-electron chi connectivity index (χ2n) is 5.41. The van der Waals surface area contributed by atoms with Gasteiger partial charge in [0.25, 0.3) is 0 Å². The summed E-state index contributed by atoms with van der Waals surface area (Å²) in [7, 11) is -3.26. The molecule has 1 aliphatic heterocycles. The van der Waals surface area contributed by atoms with Crippen LogP contribution in [0.2, 0.25) is 0 Å². The summed E-state index contributed by atoms with van der Waals surface area (Å²) in [6.07, 6.45) is 2.05. The molecule has 106 valence electrons. The summed E-state index contributed by atoms with van der Waals surface area (Å²) in [5.74, 6) is 0.421. The van der Waals surface area contributed by atoms with Gasteiger partial charge in [0.05, 0.1) is 11.4 Å². The molecular weight excluding hydrogens is 260 g/mol. The van der Waals surface area contributed by atoms with E-state index in [1.807, 2.05) is 32.0 Å². The first kappa shape index (κ1) is 14.3. The molecule has 1 fully saturated rings. The van der Waals surface area contributed by atoms with Gasteiger partial charge in [0.1, 0.15) is 0 Å². The van der Waals surface area contributed by atoms with Gasteiger partial charge in [0.15, 0.2) is 0 Å². The summed E-state index contributed by atoms with van der Waals surface area (Å²) >= 11 is 0. The van der Waals surface area contributed by atoms with Crippen LogP contribution in [0.3, 0.4) is 0 Å². The number of rotatable bonds is 4. The maximum Gasteiger partial charge on any atom is 0.233 e. The molecule has 0 bridgehead atoms. The summed E-state index contributed by atoms with van der Waals surface area (Å²) in [4.78, 5) is 0. The van der Waals surface area contributed by atoms with Crippen molar-refractivity contribution in [2.24, 2.45) is 5.92 Å². The van der Waals surface area contributed by atoms with E-state index in [0.717, 1.165) is 37.1 Å². The van der Waals surface area contributed by atoms with E-state index < -0.39 is 10.0 Å². The van der Waals surface area contributed by atoms with Crippen LogP contribution in [0.4, 0.5) is 5.69 Å². The minimum Gasteiger partial charge on any atom is -0.316 e. The first-order valence-electron chi connectivity index (χ1n) is 6.75. The minimum absolute atomic E-state index is 0.202. The van der Waals surface area contributed by atoms with Gasteiger partial charge in [-0.3, -0.25) is 4.72 Å². The quantitative estimate of drug-likeness (QED) is 0.888. The highest BCUT2D eigenvalue weighted by molar-refractivity contribution is 7.92. The number of sulfonamides is 1. The lowest BCUT2D eigenvalue weighted by atomic mass is 10.0. The molecule has 1 aliphatic rings. The number of hydrogen-bond acceptors (Lipinski definition) is 3. The molecule has 1 aromatic carbocycles. The number of aryl methyl sites for hydroxylation is 2. The van der Waals surface area contributed by atoms with E-state index in [2.05, 4.69) is 10.0 Å². The Bertz CT molecular complexity index is 534. The zero-order valence-corrected chi connectivity index (χ0v) is 12.4. The molecule has 0 aliphatic carbocycles. The topological polar surface area (TPSA) is 58.2 Å². The van der Waals surface area contributed by atoms with Gasteiger partial charge < -0.3 is 5.32 Å². The molecule has 0 radical (unpaired) electrons. The first-order valence-corrected chi connectivity index (χ1v) is 8.40. The van der Waals surface area contributed by atoms with E-state index in [-0.39, 0.29) is 11.7 Å². The molecule has 4 nitrogen and oxygen atoms in total. The fourth-order valence-corrected chi connectivity index (χ4v) is 3.97. The molecule has 0 amide bonds. The standard InChI is InChI=1S/C14H22N2O2S/c1-11-5-6-12(2)14(8-11)16-19(17,18)10-13-4-3-7-15-9-13/h5-6,8,13,15-16H,3-4,7,9-10H2,1-2H3. The molecule has 0 aromatic heterocycles. The van der Waals surface area contributed by atoms with E-state index in [4.69, 9.17) is 0 Å². The van der Waals surface area contributed by atoms with Crippen LogP contribution in [-0.4, -0.2) is 27.3 Å². The molecule has 0 spiro atoms. The highest BCUT2D eigenvalue weighted by atomic mass is 32.2. The molecule has 0 saturated carbocycles. The average Bonchev–Trinajstić information content (AvgIpc) is 2.34. The van der Waals surface area contributed by atoms with Crippen molar-refractivity contribution in [3.8, 4) is 0 Å². The fourth-order valence-electron chi connectivity index (χ4n) is 2.43. The van der Waals surface area contributed by atoms with Crippen LogP contribution in [-0.2, 0) is 10.0 Å². The highest BCUT2D eigenvalue weighted by Crippen LogP contribution is 2.20. The lowest BCUT2D eigenvalue weighted by Gasteiger charge is -2.23. The smallest absolute Gasteiger partial charge is 0.233 e. The second kappa shape index (κ2) is 5.92. The van der Waals surface area contributed by atoms with Crippen LogP contribution in [0, 0.1) is 19.8 Å². The predicted octanol–water partition coefficient (Wildman–Crippen LogP) is 2.04. The SMILES string of the molecule is Cc1ccc(C)c(NS(=O)(=O)CC2CCCNC2)c1. The maximum atomic E-state index is 12.2. The van der Waals surface area contributed by atoms with Crippen molar-refractivity contribution < 1.29 is 8.42 Å². The monoisotopic (exact) mass is 282 g/mol. The summed E-state index contributed by atoms with van der Waals surface area (Å²) in [6, 6.07) is 5.81. The van der Waals surface area contributed by atoms with E-state index in [9.17, 15) is 8.42 Å². The van der Waals surface area contributed by atoms with Crippen LogP contribution < -0.4 is 10.0 Å². The van der Waals surface area contributed by atoms with Gasteiger partial charge >= 0.3 is 0 Å². The fraction of sp³-hybridized carbons (Fsp3) is 0.571. The van der Waals surface area contributed by atoms with Crippen molar-refractivity contribution in [1.29, 1.82) is 0 Å². The van der Waals surface area contributed by atoms with E-state index in [0.29, 0.717) is 5.69 Å². The van der Waals surface area contributed by atoms with E-state index >= 15 is 0 Å².